The van der Waals surface area contributed by atoms with E-state index in [0.29, 0.717) is 0 Å². The summed E-state index contributed by atoms with van der Waals surface area (Å²) in [6.45, 7) is 7.11. The van der Waals surface area contributed by atoms with Gasteiger partial charge in [0.25, 0.3) is 0 Å². The van der Waals surface area contributed by atoms with E-state index >= 15 is 0 Å². The molecule has 0 N–H and O–H groups in total. The zero-order chi connectivity index (χ0) is 37.3. The Bertz CT molecular complexity index is 3220. The fraction of sp³-hybridized carbons (Fsp3) is 0.0943. The number of fused-ring (bicyclic) bond motifs is 12. The second-order valence-electron chi connectivity index (χ2n) is 16.2. The Morgan fingerprint density at radius 2 is 0.982 bits per heavy atom. The molecule has 0 saturated heterocycles. The number of hydrogen-bond acceptors (Lipinski definition) is 3. The van der Waals surface area contributed by atoms with E-state index in [0.717, 1.165) is 39.0 Å². The van der Waals surface area contributed by atoms with Crippen LogP contribution in [0, 0.1) is 0 Å². The molecule has 8 aromatic carbocycles. The fourth-order valence-corrected chi connectivity index (χ4v) is 11.2. The van der Waals surface area contributed by atoms with Crippen molar-refractivity contribution >= 4 is 70.5 Å². The first-order chi connectivity index (χ1) is 27.4. The van der Waals surface area contributed by atoms with Crippen molar-refractivity contribution in [3.05, 3.63) is 198 Å². The van der Waals surface area contributed by atoms with Gasteiger partial charge in [0.15, 0.2) is 0 Å². The number of para-hydroxylation sites is 1. The van der Waals surface area contributed by atoms with E-state index < -0.39 is 0 Å². The van der Waals surface area contributed by atoms with Crippen LogP contribution in [0.15, 0.2) is 174 Å². The lowest BCUT2D eigenvalue weighted by Gasteiger charge is -2.28. The molecule has 0 saturated carbocycles. The van der Waals surface area contributed by atoms with Crippen LogP contribution in [0.1, 0.15) is 48.6 Å². The van der Waals surface area contributed by atoms with Gasteiger partial charge in [0, 0.05) is 64.9 Å². The molecule has 2 heterocycles. The lowest BCUT2D eigenvalue weighted by Crippen LogP contribution is -2.22. The number of benzene rings is 8. The summed E-state index contributed by atoms with van der Waals surface area (Å²) in [6.07, 6.45) is 0. The van der Waals surface area contributed by atoms with Crippen molar-refractivity contribution < 1.29 is 4.42 Å². The monoisotopic (exact) mass is 735 g/mol. The van der Waals surface area contributed by atoms with Crippen LogP contribution in [-0.4, -0.2) is 0 Å². The number of nitrogens with zero attached hydrogens (tertiary/aromatic N) is 1. The maximum Gasteiger partial charge on any atom is 0.137 e. The molecule has 3 heteroatoms. The van der Waals surface area contributed by atoms with Crippen LogP contribution in [0.5, 0.6) is 0 Å². The Morgan fingerprint density at radius 1 is 0.411 bits per heavy atom. The predicted molar refractivity (Wildman–Crippen MR) is 236 cm³/mol. The minimum Gasteiger partial charge on any atom is -0.456 e. The smallest absolute Gasteiger partial charge is 0.137 e. The molecular formula is C53H37NOS. The number of rotatable bonds is 4. The van der Waals surface area contributed by atoms with Crippen molar-refractivity contribution in [1.82, 2.24) is 0 Å². The van der Waals surface area contributed by atoms with Gasteiger partial charge in [-0.15, -0.1) is 11.3 Å². The first-order valence-electron chi connectivity index (χ1n) is 19.5. The Balaban J connectivity index is 1.03. The third-order valence-corrected chi connectivity index (χ3v) is 14.1. The molecule has 2 nitrogen and oxygen atoms in total. The van der Waals surface area contributed by atoms with Gasteiger partial charge in [0.05, 0.1) is 0 Å². The highest BCUT2D eigenvalue weighted by molar-refractivity contribution is 7.25. The molecule has 0 spiro atoms. The molecule has 2 aliphatic rings. The van der Waals surface area contributed by atoms with Crippen molar-refractivity contribution in [2.75, 3.05) is 4.90 Å². The highest BCUT2D eigenvalue weighted by Gasteiger charge is 2.41. The number of furan rings is 1. The lowest BCUT2D eigenvalue weighted by molar-refractivity contribution is 0.660. The van der Waals surface area contributed by atoms with Gasteiger partial charge in [-0.3, -0.25) is 0 Å². The van der Waals surface area contributed by atoms with Crippen LogP contribution in [0.4, 0.5) is 17.1 Å². The van der Waals surface area contributed by atoms with Gasteiger partial charge < -0.3 is 9.32 Å². The Kier molecular flexibility index (Phi) is 6.44. The molecule has 0 atom stereocenters. The summed E-state index contributed by atoms with van der Waals surface area (Å²) in [4.78, 5) is 2.41. The van der Waals surface area contributed by atoms with E-state index in [-0.39, 0.29) is 10.8 Å². The largest absolute Gasteiger partial charge is 0.456 e. The second kappa shape index (κ2) is 11.3. The third-order valence-electron chi connectivity index (χ3n) is 13.0. The molecule has 0 fully saturated rings. The Hall–Kier alpha value is -6.42. The molecule has 2 aliphatic carbocycles. The normalized spacial score (nSPS) is 14.6. The predicted octanol–water partition coefficient (Wildman–Crippen LogP) is 15.1. The van der Waals surface area contributed by atoms with E-state index in [4.69, 9.17) is 4.42 Å². The van der Waals surface area contributed by atoms with Crippen LogP contribution < -0.4 is 4.90 Å². The molecule has 0 aliphatic heterocycles. The van der Waals surface area contributed by atoms with Crippen molar-refractivity contribution in [3.8, 4) is 22.3 Å². The molecule has 10 aromatic rings. The van der Waals surface area contributed by atoms with Gasteiger partial charge in [-0.2, -0.15) is 0 Å². The summed E-state index contributed by atoms with van der Waals surface area (Å²) in [6, 6.07) is 62.9. The number of hydrogen-bond donors (Lipinski definition) is 0. The van der Waals surface area contributed by atoms with Crippen LogP contribution in [0.25, 0.3) is 64.4 Å². The minimum absolute atomic E-state index is 0.111. The second-order valence-corrected chi connectivity index (χ2v) is 17.3. The summed E-state index contributed by atoms with van der Waals surface area (Å²) < 4.78 is 9.03. The maximum absolute atomic E-state index is 6.46. The molecule has 266 valence electrons. The van der Waals surface area contributed by atoms with Gasteiger partial charge in [-0.1, -0.05) is 123 Å². The first-order valence-corrected chi connectivity index (χ1v) is 20.3. The maximum atomic E-state index is 6.46. The Labute approximate surface area is 329 Å². The topological polar surface area (TPSA) is 16.4 Å². The summed E-state index contributed by atoms with van der Waals surface area (Å²) in [5.74, 6) is 0. The van der Waals surface area contributed by atoms with Crippen molar-refractivity contribution in [1.29, 1.82) is 0 Å². The standard InChI is InChI=1S/C53H37NOS/c1-52(2)44-16-8-4-12-36(44)39-24-21-33(29-47(39)52)54(34-22-25-41-40-15-7-11-19-48(40)55-49(41)30-34)35-23-26-42-43-28-32(20-27-50(43)56-51(42)31-35)53(3)45-17-9-5-13-37(45)38-14-6-10-18-46(38)53/h4-31H,1-3H3. The quantitative estimate of drug-likeness (QED) is 0.179. The third kappa shape index (κ3) is 4.26. The number of thiophene rings is 1. The zero-order valence-corrected chi connectivity index (χ0v) is 32.2. The van der Waals surface area contributed by atoms with Gasteiger partial charge in [-0.05, 0) is 112 Å². The summed E-state index contributed by atoms with van der Waals surface area (Å²) in [7, 11) is 0. The minimum atomic E-state index is -0.233. The summed E-state index contributed by atoms with van der Waals surface area (Å²) >= 11 is 1.88. The molecule has 0 radical (unpaired) electrons. The average molecular weight is 736 g/mol. The fourth-order valence-electron chi connectivity index (χ4n) is 10.1. The van der Waals surface area contributed by atoms with Crippen molar-refractivity contribution in [3.63, 3.8) is 0 Å². The van der Waals surface area contributed by atoms with Crippen LogP contribution >= 0.6 is 11.3 Å². The summed E-state index contributed by atoms with van der Waals surface area (Å²) in [5, 5.41) is 4.87. The highest BCUT2D eigenvalue weighted by atomic mass is 32.1. The van der Waals surface area contributed by atoms with Crippen LogP contribution in [-0.2, 0) is 10.8 Å². The molecule has 2 aromatic heterocycles. The molecular weight excluding hydrogens is 699 g/mol. The number of anilines is 3. The van der Waals surface area contributed by atoms with E-state index in [9.17, 15) is 0 Å². The van der Waals surface area contributed by atoms with Crippen LogP contribution in [0.3, 0.4) is 0 Å². The van der Waals surface area contributed by atoms with Gasteiger partial charge in [0.2, 0.25) is 0 Å². The van der Waals surface area contributed by atoms with E-state index in [1.807, 2.05) is 17.4 Å². The first kappa shape index (κ1) is 31.9. The van der Waals surface area contributed by atoms with Crippen molar-refractivity contribution in [2.24, 2.45) is 0 Å². The zero-order valence-electron chi connectivity index (χ0n) is 31.4. The average Bonchev–Trinajstić information content (AvgIpc) is 3.94. The molecule has 0 bridgehead atoms. The van der Waals surface area contributed by atoms with Crippen LogP contribution in [0.2, 0.25) is 0 Å². The van der Waals surface area contributed by atoms with Crippen molar-refractivity contribution in [2.45, 2.75) is 31.6 Å². The van der Waals surface area contributed by atoms with Gasteiger partial charge >= 0.3 is 0 Å². The van der Waals surface area contributed by atoms with E-state index in [1.54, 1.807) is 0 Å². The summed E-state index contributed by atoms with van der Waals surface area (Å²) in [5.41, 5.74) is 16.9. The molecule has 56 heavy (non-hydrogen) atoms. The molecule has 12 rings (SSSR count). The van der Waals surface area contributed by atoms with Gasteiger partial charge in [0.1, 0.15) is 11.2 Å². The molecule has 0 amide bonds. The van der Waals surface area contributed by atoms with E-state index in [2.05, 4.69) is 189 Å². The Morgan fingerprint density at radius 3 is 1.75 bits per heavy atom. The highest BCUT2D eigenvalue weighted by Crippen LogP contribution is 2.54. The SMILES string of the molecule is CC1(C)c2ccccc2-c2ccc(N(c3ccc4c(c3)oc3ccccc34)c3ccc4c(c3)sc3ccc(C5(C)c6ccccc6-c6ccccc65)cc34)cc21. The lowest BCUT2D eigenvalue weighted by atomic mass is 9.74. The molecule has 0 unspecified atom stereocenters. The van der Waals surface area contributed by atoms with Gasteiger partial charge in [-0.25, -0.2) is 0 Å². The van der Waals surface area contributed by atoms with E-state index in [1.165, 1.54) is 70.2 Å².